The fourth-order valence-corrected chi connectivity index (χ4v) is 3.20. The van der Waals surface area contributed by atoms with E-state index in [-0.39, 0.29) is 12.0 Å². The Kier molecular flexibility index (Phi) is 6.23. The highest BCUT2D eigenvalue weighted by atomic mass is 16.5. The molecular weight excluding hydrogens is 254 g/mol. The Morgan fingerprint density at radius 1 is 1.15 bits per heavy atom. The third kappa shape index (κ3) is 4.67. The maximum absolute atomic E-state index is 9.75. The Labute approximate surface area is 123 Å². The zero-order chi connectivity index (χ0) is 14.4. The molecule has 2 aliphatic rings. The molecule has 2 saturated heterocycles. The predicted molar refractivity (Wildman–Crippen MR) is 81.0 cm³/mol. The van der Waals surface area contributed by atoms with Crippen molar-refractivity contribution in [3.8, 4) is 0 Å². The lowest BCUT2D eigenvalue weighted by molar-refractivity contribution is -0.0604. The highest BCUT2D eigenvalue weighted by Gasteiger charge is 2.35. The Hall–Kier alpha value is -0.200. The highest BCUT2D eigenvalue weighted by Crippen LogP contribution is 2.29. The van der Waals surface area contributed by atoms with Crippen LogP contribution in [0, 0.1) is 5.41 Å². The number of hydrogen-bond acceptors (Lipinski definition) is 5. The second-order valence-corrected chi connectivity index (χ2v) is 6.74. The van der Waals surface area contributed by atoms with Crippen molar-refractivity contribution >= 4 is 0 Å². The molecule has 118 valence electrons. The second-order valence-electron chi connectivity index (χ2n) is 6.74. The molecule has 2 fully saturated rings. The van der Waals surface area contributed by atoms with Gasteiger partial charge in [0.15, 0.2) is 0 Å². The summed E-state index contributed by atoms with van der Waals surface area (Å²) < 4.78 is 5.60. The lowest BCUT2D eigenvalue weighted by Gasteiger charge is -2.42. The molecule has 2 aliphatic heterocycles. The maximum atomic E-state index is 9.75. The standard InChI is InChI=1S/C15H31N3O2/c1-16(2)5-6-17-7-9-18(10-8-17)12-15(13-19)4-3-11-20-14-15/h19H,3-14H2,1-2H3. The summed E-state index contributed by atoms with van der Waals surface area (Å²) in [4.78, 5) is 7.29. The van der Waals surface area contributed by atoms with E-state index in [1.54, 1.807) is 0 Å². The fourth-order valence-electron chi connectivity index (χ4n) is 3.20. The van der Waals surface area contributed by atoms with Gasteiger partial charge in [-0.25, -0.2) is 0 Å². The first kappa shape index (κ1) is 16.2. The lowest BCUT2D eigenvalue weighted by atomic mass is 9.82. The number of likely N-dealkylation sites (N-methyl/N-ethyl adjacent to an activating group) is 1. The van der Waals surface area contributed by atoms with Gasteiger partial charge in [0.2, 0.25) is 0 Å². The summed E-state index contributed by atoms with van der Waals surface area (Å²) >= 11 is 0. The van der Waals surface area contributed by atoms with Gasteiger partial charge in [-0.3, -0.25) is 4.90 Å². The Morgan fingerprint density at radius 3 is 2.40 bits per heavy atom. The van der Waals surface area contributed by atoms with E-state index >= 15 is 0 Å². The molecule has 0 aromatic heterocycles. The predicted octanol–water partition coefficient (Wildman–Crippen LogP) is -0.0453. The molecule has 0 bridgehead atoms. The molecule has 1 unspecified atom stereocenters. The summed E-state index contributed by atoms with van der Waals surface area (Å²) in [6.45, 7) is 9.67. The number of hydrogen-bond donors (Lipinski definition) is 1. The monoisotopic (exact) mass is 285 g/mol. The maximum Gasteiger partial charge on any atom is 0.0556 e. The molecule has 20 heavy (non-hydrogen) atoms. The van der Waals surface area contributed by atoms with E-state index in [1.807, 2.05) is 0 Å². The van der Waals surface area contributed by atoms with Gasteiger partial charge in [-0.1, -0.05) is 0 Å². The third-order valence-corrected chi connectivity index (χ3v) is 4.63. The SMILES string of the molecule is CN(C)CCN1CCN(CC2(CO)CCCOC2)CC1. The van der Waals surface area contributed by atoms with Crippen LogP contribution in [0.1, 0.15) is 12.8 Å². The van der Waals surface area contributed by atoms with E-state index in [4.69, 9.17) is 4.74 Å². The third-order valence-electron chi connectivity index (χ3n) is 4.63. The first-order chi connectivity index (χ1) is 9.63. The van der Waals surface area contributed by atoms with E-state index in [0.717, 1.165) is 71.9 Å². The second kappa shape index (κ2) is 7.71. The molecule has 0 aromatic carbocycles. The minimum atomic E-state index is -0.00986. The molecule has 0 aromatic rings. The first-order valence-electron chi connectivity index (χ1n) is 7.92. The first-order valence-corrected chi connectivity index (χ1v) is 7.92. The van der Waals surface area contributed by atoms with Crippen LogP contribution in [0.4, 0.5) is 0 Å². The summed E-state index contributed by atoms with van der Waals surface area (Å²) in [5, 5.41) is 9.75. The molecule has 1 N–H and O–H groups in total. The van der Waals surface area contributed by atoms with Gasteiger partial charge in [-0.2, -0.15) is 0 Å². The topological polar surface area (TPSA) is 39.2 Å². The van der Waals surface area contributed by atoms with Gasteiger partial charge in [0.05, 0.1) is 13.2 Å². The van der Waals surface area contributed by atoms with Crippen molar-refractivity contribution in [1.29, 1.82) is 0 Å². The summed E-state index contributed by atoms with van der Waals surface area (Å²) in [5.41, 5.74) is -0.00986. The summed E-state index contributed by atoms with van der Waals surface area (Å²) in [6, 6.07) is 0. The van der Waals surface area contributed by atoms with Crippen molar-refractivity contribution in [3.63, 3.8) is 0 Å². The molecule has 0 radical (unpaired) electrons. The molecule has 2 rings (SSSR count). The van der Waals surface area contributed by atoms with E-state index in [0.29, 0.717) is 0 Å². The van der Waals surface area contributed by atoms with Crippen LogP contribution >= 0.6 is 0 Å². The van der Waals surface area contributed by atoms with Crippen LogP contribution in [0.2, 0.25) is 0 Å². The summed E-state index contributed by atoms with van der Waals surface area (Å²) in [6.07, 6.45) is 2.19. The minimum Gasteiger partial charge on any atom is -0.396 e. The van der Waals surface area contributed by atoms with Crippen molar-refractivity contribution in [2.75, 3.05) is 79.7 Å². The van der Waals surface area contributed by atoms with Gasteiger partial charge in [-0.05, 0) is 26.9 Å². The number of ether oxygens (including phenoxy) is 1. The highest BCUT2D eigenvalue weighted by molar-refractivity contribution is 4.86. The van der Waals surface area contributed by atoms with Gasteiger partial charge in [0, 0.05) is 57.8 Å². The largest absolute Gasteiger partial charge is 0.396 e. The zero-order valence-corrected chi connectivity index (χ0v) is 13.2. The smallest absolute Gasteiger partial charge is 0.0556 e. The number of aliphatic hydroxyl groups excluding tert-OH is 1. The van der Waals surface area contributed by atoms with Gasteiger partial charge < -0.3 is 19.6 Å². The number of aliphatic hydroxyl groups is 1. The molecule has 2 heterocycles. The summed E-state index contributed by atoms with van der Waals surface area (Å²) in [7, 11) is 4.26. The normalized spacial score (nSPS) is 30.0. The van der Waals surface area contributed by atoms with Crippen LogP contribution in [0.5, 0.6) is 0 Å². The average molecular weight is 285 g/mol. The molecule has 0 aliphatic carbocycles. The minimum absolute atomic E-state index is 0.00986. The Bertz CT molecular complexity index is 272. The zero-order valence-electron chi connectivity index (χ0n) is 13.2. The van der Waals surface area contributed by atoms with E-state index in [9.17, 15) is 5.11 Å². The molecule has 5 heteroatoms. The number of rotatable bonds is 6. The lowest BCUT2D eigenvalue weighted by Crippen LogP contribution is -2.53. The van der Waals surface area contributed by atoms with Crippen LogP contribution in [0.3, 0.4) is 0 Å². The van der Waals surface area contributed by atoms with Crippen molar-refractivity contribution in [1.82, 2.24) is 14.7 Å². The molecule has 5 nitrogen and oxygen atoms in total. The quantitative estimate of drug-likeness (QED) is 0.741. The van der Waals surface area contributed by atoms with Gasteiger partial charge in [-0.15, -0.1) is 0 Å². The molecule has 0 amide bonds. The van der Waals surface area contributed by atoms with Crippen molar-refractivity contribution in [2.24, 2.45) is 5.41 Å². The molecular formula is C15H31N3O2. The van der Waals surface area contributed by atoms with Crippen LogP contribution in [0.25, 0.3) is 0 Å². The average Bonchev–Trinajstić information content (AvgIpc) is 2.47. The van der Waals surface area contributed by atoms with Gasteiger partial charge in [0.1, 0.15) is 0 Å². The van der Waals surface area contributed by atoms with Gasteiger partial charge in [0.25, 0.3) is 0 Å². The van der Waals surface area contributed by atoms with E-state index in [1.165, 1.54) is 0 Å². The van der Waals surface area contributed by atoms with E-state index in [2.05, 4.69) is 28.8 Å². The Balaban J connectivity index is 1.73. The molecule has 1 atom stereocenters. The summed E-state index contributed by atoms with van der Waals surface area (Å²) in [5.74, 6) is 0. The van der Waals surface area contributed by atoms with Crippen LogP contribution < -0.4 is 0 Å². The molecule has 0 spiro atoms. The molecule has 0 saturated carbocycles. The van der Waals surface area contributed by atoms with Gasteiger partial charge >= 0.3 is 0 Å². The number of piperazine rings is 1. The Morgan fingerprint density at radius 2 is 1.85 bits per heavy atom. The fraction of sp³-hybridized carbons (Fsp3) is 1.00. The van der Waals surface area contributed by atoms with Crippen LogP contribution in [-0.4, -0.2) is 99.5 Å². The van der Waals surface area contributed by atoms with Crippen molar-refractivity contribution < 1.29 is 9.84 Å². The van der Waals surface area contributed by atoms with E-state index < -0.39 is 0 Å². The van der Waals surface area contributed by atoms with Crippen molar-refractivity contribution in [2.45, 2.75) is 12.8 Å². The van der Waals surface area contributed by atoms with Crippen molar-refractivity contribution in [3.05, 3.63) is 0 Å². The number of nitrogens with zero attached hydrogens (tertiary/aromatic N) is 3. The van der Waals surface area contributed by atoms with Crippen LogP contribution in [-0.2, 0) is 4.74 Å². The van der Waals surface area contributed by atoms with Crippen LogP contribution in [0.15, 0.2) is 0 Å².